The van der Waals surface area contributed by atoms with Crippen LogP contribution in [0.15, 0.2) is 0 Å². The van der Waals surface area contributed by atoms with E-state index in [1.807, 2.05) is 6.92 Å². The van der Waals surface area contributed by atoms with Crippen molar-refractivity contribution in [2.75, 3.05) is 7.11 Å². The number of unbranched alkanes of at least 4 members (excludes halogenated alkanes) is 1. The van der Waals surface area contributed by atoms with Gasteiger partial charge in [0.05, 0.1) is 13.5 Å². The zero-order chi connectivity index (χ0) is 13.3. The van der Waals surface area contributed by atoms with Gasteiger partial charge in [-0.1, -0.05) is 19.8 Å². The number of aliphatic carboxylic acids is 1. The number of nitrogens with one attached hydrogen (secondary N) is 1. The Labute approximate surface area is 100 Å². The summed E-state index contributed by atoms with van der Waals surface area (Å²) in [4.78, 5) is 33.0. The predicted molar refractivity (Wildman–Crippen MR) is 60.3 cm³/mol. The lowest BCUT2D eigenvalue weighted by molar-refractivity contribution is -0.143. The van der Waals surface area contributed by atoms with Crippen LogP contribution in [0, 0.1) is 0 Å². The maximum Gasteiger partial charge on any atom is 0.326 e. The summed E-state index contributed by atoms with van der Waals surface area (Å²) in [7, 11) is 1.24. The SMILES string of the molecule is CCCCC(NC(=O)CCC(=O)OC)C(=O)O. The van der Waals surface area contributed by atoms with Gasteiger partial charge in [0.1, 0.15) is 6.04 Å². The maximum absolute atomic E-state index is 11.4. The minimum Gasteiger partial charge on any atom is -0.480 e. The van der Waals surface area contributed by atoms with E-state index in [4.69, 9.17) is 5.11 Å². The lowest BCUT2D eigenvalue weighted by atomic mass is 10.1. The zero-order valence-electron chi connectivity index (χ0n) is 10.2. The van der Waals surface area contributed by atoms with E-state index in [-0.39, 0.29) is 12.8 Å². The molecule has 0 saturated heterocycles. The largest absolute Gasteiger partial charge is 0.480 e. The molecule has 0 aromatic rings. The summed E-state index contributed by atoms with van der Waals surface area (Å²) in [6.45, 7) is 1.94. The van der Waals surface area contributed by atoms with Crippen LogP contribution in [0.1, 0.15) is 39.0 Å². The number of carbonyl (C=O) groups is 3. The van der Waals surface area contributed by atoms with Crippen molar-refractivity contribution in [3.8, 4) is 0 Å². The number of amides is 1. The zero-order valence-corrected chi connectivity index (χ0v) is 10.2. The van der Waals surface area contributed by atoms with E-state index in [0.29, 0.717) is 6.42 Å². The molecule has 98 valence electrons. The molecule has 1 amide bonds. The smallest absolute Gasteiger partial charge is 0.326 e. The van der Waals surface area contributed by atoms with Crippen molar-refractivity contribution >= 4 is 17.8 Å². The first-order valence-corrected chi connectivity index (χ1v) is 5.60. The number of carbonyl (C=O) groups excluding carboxylic acids is 2. The summed E-state index contributed by atoms with van der Waals surface area (Å²) < 4.78 is 4.38. The molecule has 1 atom stereocenters. The van der Waals surface area contributed by atoms with Crippen LogP contribution in [0.25, 0.3) is 0 Å². The van der Waals surface area contributed by atoms with Crippen molar-refractivity contribution in [2.45, 2.75) is 45.1 Å². The van der Waals surface area contributed by atoms with E-state index in [9.17, 15) is 14.4 Å². The number of ether oxygens (including phenoxy) is 1. The van der Waals surface area contributed by atoms with Gasteiger partial charge < -0.3 is 15.2 Å². The van der Waals surface area contributed by atoms with E-state index in [2.05, 4.69) is 10.1 Å². The monoisotopic (exact) mass is 245 g/mol. The Bertz CT molecular complexity index is 277. The molecule has 0 bridgehead atoms. The summed E-state index contributed by atoms with van der Waals surface area (Å²) in [5.74, 6) is -1.98. The molecule has 0 aromatic heterocycles. The first-order chi connectivity index (χ1) is 8.01. The molecule has 0 rings (SSSR count). The van der Waals surface area contributed by atoms with E-state index in [1.165, 1.54) is 7.11 Å². The van der Waals surface area contributed by atoms with E-state index in [1.54, 1.807) is 0 Å². The minimum absolute atomic E-state index is 0.0392. The highest BCUT2D eigenvalue weighted by molar-refractivity contribution is 5.85. The molecule has 0 aliphatic heterocycles. The van der Waals surface area contributed by atoms with E-state index >= 15 is 0 Å². The van der Waals surface area contributed by atoms with Crippen LogP contribution >= 0.6 is 0 Å². The first kappa shape index (κ1) is 15.4. The number of hydrogen-bond acceptors (Lipinski definition) is 4. The molecular formula is C11H19NO5. The molecule has 2 N–H and O–H groups in total. The Kier molecular flexibility index (Phi) is 7.75. The molecule has 0 radical (unpaired) electrons. The molecule has 0 aliphatic carbocycles. The lowest BCUT2D eigenvalue weighted by Gasteiger charge is -2.13. The third kappa shape index (κ3) is 7.32. The number of hydrogen-bond donors (Lipinski definition) is 2. The average Bonchev–Trinajstić information content (AvgIpc) is 2.30. The number of carboxylic acid groups (broad SMARTS) is 1. The summed E-state index contributed by atoms with van der Waals surface area (Å²) in [5, 5.41) is 11.3. The van der Waals surface area contributed by atoms with Crippen molar-refractivity contribution in [1.82, 2.24) is 5.32 Å². The Balaban J connectivity index is 4.03. The second-order valence-corrected chi connectivity index (χ2v) is 3.68. The summed E-state index contributed by atoms with van der Waals surface area (Å²) >= 11 is 0. The molecule has 0 heterocycles. The molecular weight excluding hydrogens is 226 g/mol. The Morgan fingerprint density at radius 2 is 1.94 bits per heavy atom. The molecule has 6 heteroatoms. The fourth-order valence-electron chi connectivity index (χ4n) is 1.25. The third-order valence-electron chi connectivity index (χ3n) is 2.26. The molecule has 6 nitrogen and oxygen atoms in total. The van der Waals surface area contributed by atoms with Gasteiger partial charge in [0, 0.05) is 6.42 Å². The number of methoxy groups -OCH3 is 1. The molecule has 17 heavy (non-hydrogen) atoms. The van der Waals surface area contributed by atoms with Crippen LogP contribution in [0.2, 0.25) is 0 Å². The number of carboxylic acids is 1. The van der Waals surface area contributed by atoms with Gasteiger partial charge in [0.2, 0.25) is 5.91 Å². The molecule has 0 fully saturated rings. The second-order valence-electron chi connectivity index (χ2n) is 3.68. The van der Waals surface area contributed by atoms with Crippen LogP contribution in [0.3, 0.4) is 0 Å². The highest BCUT2D eigenvalue weighted by atomic mass is 16.5. The Hall–Kier alpha value is -1.59. The van der Waals surface area contributed by atoms with Gasteiger partial charge in [-0.2, -0.15) is 0 Å². The normalized spacial score (nSPS) is 11.6. The van der Waals surface area contributed by atoms with Gasteiger partial charge in [-0.25, -0.2) is 4.79 Å². The van der Waals surface area contributed by atoms with E-state index < -0.39 is 23.9 Å². The van der Waals surface area contributed by atoms with Crippen molar-refractivity contribution in [1.29, 1.82) is 0 Å². The summed E-state index contributed by atoms with van der Waals surface area (Å²) in [6.07, 6.45) is 1.90. The summed E-state index contributed by atoms with van der Waals surface area (Å²) in [5.41, 5.74) is 0. The van der Waals surface area contributed by atoms with Crippen molar-refractivity contribution in [3.63, 3.8) is 0 Å². The maximum atomic E-state index is 11.4. The standard InChI is InChI=1S/C11H19NO5/c1-3-4-5-8(11(15)16)12-9(13)6-7-10(14)17-2/h8H,3-7H2,1-2H3,(H,12,13)(H,15,16). The molecule has 0 saturated carbocycles. The van der Waals surface area contributed by atoms with E-state index in [0.717, 1.165) is 12.8 Å². The highest BCUT2D eigenvalue weighted by Crippen LogP contribution is 2.02. The van der Waals surface area contributed by atoms with Gasteiger partial charge >= 0.3 is 11.9 Å². The van der Waals surface area contributed by atoms with Crippen molar-refractivity contribution in [3.05, 3.63) is 0 Å². The molecule has 1 unspecified atom stereocenters. The van der Waals surface area contributed by atoms with Crippen LogP contribution in [0.5, 0.6) is 0 Å². The molecule has 0 aromatic carbocycles. The third-order valence-corrected chi connectivity index (χ3v) is 2.26. The van der Waals surface area contributed by atoms with Crippen molar-refractivity contribution < 1.29 is 24.2 Å². The van der Waals surface area contributed by atoms with Gasteiger partial charge in [-0.05, 0) is 6.42 Å². The topological polar surface area (TPSA) is 92.7 Å². The Morgan fingerprint density at radius 3 is 2.41 bits per heavy atom. The van der Waals surface area contributed by atoms with Crippen LogP contribution < -0.4 is 5.32 Å². The lowest BCUT2D eigenvalue weighted by Crippen LogP contribution is -2.40. The average molecular weight is 245 g/mol. The first-order valence-electron chi connectivity index (χ1n) is 5.60. The fraction of sp³-hybridized carbons (Fsp3) is 0.727. The summed E-state index contributed by atoms with van der Waals surface area (Å²) in [6, 6.07) is -0.875. The Morgan fingerprint density at radius 1 is 1.29 bits per heavy atom. The van der Waals surface area contributed by atoms with Crippen LogP contribution in [-0.2, 0) is 19.1 Å². The van der Waals surface area contributed by atoms with Crippen LogP contribution in [0.4, 0.5) is 0 Å². The predicted octanol–water partition coefficient (Wildman–Crippen LogP) is 0.699. The van der Waals surface area contributed by atoms with Crippen molar-refractivity contribution in [2.24, 2.45) is 0 Å². The van der Waals surface area contributed by atoms with Gasteiger partial charge in [-0.15, -0.1) is 0 Å². The van der Waals surface area contributed by atoms with Gasteiger partial charge in [-0.3, -0.25) is 9.59 Å². The number of esters is 1. The quantitative estimate of drug-likeness (QED) is 0.614. The fourth-order valence-corrected chi connectivity index (χ4v) is 1.25. The second kappa shape index (κ2) is 8.55. The van der Waals surface area contributed by atoms with Gasteiger partial charge in [0.15, 0.2) is 0 Å². The molecule has 0 spiro atoms. The number of rotatable bonds is 8. The minimum atomic E-state index is -1.05. The van der Waals surface area contributed by atoms with Crippen LogP contribution in [-0.4, -0.2) is 36.1 Å². The highest BCUT2D eigenvalue weighted by Gasteiger charge is 2.19. The molecule has 0 aliphatic rings. The van der Waals surface area contributed by atoms with Gasteiger partial charge in [0.25, 0.3) is 0 Å².